The van der Waals surface area contributed by atoms with Crippen molar-refractivity contribution in [1.82, 2.24) is 4.90 Å². The second-order valence-electron chi connectivity index (χ2n) is 4.96. The predicted molar refractivity (Wildman–Crippen MR) is 62.4 cm³/mol. The first-order chi connectivity index (χ1) is 8.35. The Morgan fingerprint density at radius 2 is 2.06 bits per heavy atom. The van der Waals surface area contributed by atoms with Gasteiger partial charge in [-0.25, -0.2) is 8.78 Å². The number of hydrogen-bond acceptors (Lipinski definition) is 3. The van der Waals surface area contributed by atoms with Crippen LogP contribution in [-0.2, 0) is 9.53 Å². The van der Waals surface area contributed by atoms with Gasteiger partial charge in [-0.15, -0.1) is 0 Å². The van der Waals surface area contributed by atoms with Crippen LogP contribution in [0.4, 0.5) is 8.78 Å². The lowest BCUT2D eigenvalue weighted by Gasteiger charge is -2.31. The lowest BCUT2D eigenvalue weighted by molar-refractivity contribution is -0.140. The molecule has 0 radical (unpaired) electrons. The van der Waals surface area contributed by atoms with Crippen molar-refractivity contribution >= 4 is 5.91 Å². The summed E-state index contributed by atoms with van der Waals surface area (Å²) in [6.45, 7) is 0.319. The molecule has 18 heavy (non-hydrogen) atoms. The Morgan fingerprint density at radius 1 is 1.50 bits per heavy atom. The Morgan fingerprint density at radius 3 is 2.56 bits per heavy atom. The molecular formula is C12H21F2NO3. The fourth-order valence-corrected chi connectivity index (χ4v) is 2.25. The molecule has 1 saturated carbocycles. The first-order valence-corrected chi connectivity index (χ1v) is 6.15. The molecule has 0 saturated heterocycles. The predicted octanol–water partition coefficient (Wildman–Crippen LogP) is 1.28. The van der Waals surface area contributed by atoms with E-state index < -0.39 is 12.0 Å². The van der Waals surface area contributed by atoms with Crippen LogP contribution >= 0.6 is 0 Å². The smallest absolute Gasteiger partial charge is 0.248 e. The van der Waals surface area contributed by atoms with E-state index in [2.05, 4.69) is 0 Å². The summed E-state index contributed by atoms with van der Waals surface area (Å²) in [7, 11) is 3.04. The summed E-state index contributed by atoms with van der Waals surface area (Å²) in [6, 6.07) is 0. The van der Waals surface area contributed by atoms with E-state index >= 15 is 0 Å². The molecule has 106 valence electrons. The van der Waals surface area contributed by atoms with Gasteiger partial charge in [-0.1, -0.05) is 0 Å². The van der Waals surface area contributed by atoms with E-state index in [1.54, 1.807) is 7.05 Å². The Balaban J connectivity index is 2.40. The zero-order chi connectivity index (χ0) is 13.8. The number of alkyl halides is 2. The average Bonchev–Trinajstić information content (AvgIpc) is 2.28. The number of nitrogens with zero attached hydrogens (tertiary/aromatic N) is 1. The minimum atomic E-state index is -2.62. The van der Waals surface area contributed by atoms with Gasteiger partial charge in [0.1, 0.15) is 0 Å². The van der Waals surface area contributed by atoms with Crippen LogP contribution in [0.3, 0.4) is 0 Å². The fraction of sp³-hybridized carbons (Fsp3) is 0.917. The Hall–Kier alpha value is -0.750. The highest BCUT2D eigenvalue weighted by Gasteiger charge is 2.38. The summed E-state index contributed by atoms with van der Waals surface area (Å²) in [4.78, 5) is 13.4. The lowest BCUT2D eigenvalue weighted by atomic mass is 9.86. The number of ether oxygens (including phenoxy) is 1. The molecule has 0 aliphatic heterocycles. The molecule has 6 heteroatoms. The van der Waals surface area contributed by atoms with Crippen molar-refractivity contribution in [3.05, 3.63) is 0 Å². The summed E-state index contributed by atoms with van der Waals surface area (Å²) < 4.78 is 30.7. The standard InChI is InChI=1S/C12H21F2NO3/c1-15(7-10(16)8-18-2)11(17)9-3-5-12(13,14)6-4-9/h9-10,16H,3-8H2,1-2H3. The third-order valence-electron chi connectivity index (χ3n) is 3.29. The third kappa shape index (κ3) is 4.49. The topological polar surface area (TPSA) is 49.8 Å². The molecule has 0 spiro atoms. The van der Waals surface area contributed by atoms with Crippen molar-refractivity contribution in [2.45, 2.75) is 37.7 Å². The molecular weight excluding hydrogens is 244 g/mol. The van der Waals surface area contributed by atoms with E-state index in [9.17, 15) is 18.7 Å². The Labute approximate surface area is 106 Å². The number of hydrogen-bond donors (Lipinski definition) is 1. The number of aliphatic hydroxyl groups excluding tert-OH is 1. The normalized spacial score (nSPS) is 21.6. The molecule has 1 fully saturated rings. The van der Waals surface area contributed by atoms with Crippen LogP contribution in [0.25, 0.3) is 0 Å². The zero-order valence-corrected chi connectivity index (χ0v) is 10.9. The molecule has 0 bridgehead atoms. The highest BCUT2D eigenvalue weighted by molar-refractivity contribution is 5.78. The second-order valence-corrected chi connectivity index (χ2v) is 4.96. The first kappa shape index (κ1) is 15.3. The summed E-state index contributed by atoms with van der Waals surface area (Å²) in [6.07, 6.45) is -0.753. The zero-order valence-electron chi connectivity index (χ0n) is 10.9. The van der Waals surface area contributed by atoms with E-state index in [1.807, 2.05) is 0 Å². The van der Waals surface area contributed by atoms with Crippen LogP contribution in [0.5, 0.6) is 0 Å². The molecule has 0 aromatic rings. The molecule has 0 aromatic carbocycles. The first-order valence-electron chi connectivity index (χ1n) is 6.15. The molecule has 1 unspecified atom stereocenters. The molecule has 0 aromatic heterocycles. The number of likely N-dealkylation sites (N-methyl/N-ethyl adjacent to an activating group) is 1. The van der Waals surface area contributed by atoms with Crippen LogP contribution in [0.1, 0.15) is 25.7 Å². The average molecular weight is 265 g/mol. The number of amides is 1. The van der Waals surface area contributed by atoms with E-state index in [1.165, 1.54) is 12.0 Å². The van der Waals surface area contributed by atoms with Gasteiger partial charge >= 0.3 is 0 Å². The van der Waals surface area contributed by atoms with E-state index in [0.29, 0.717) is 0 Å². The van der Waals surface area contributed by atoms with Gasteiger partial charge in [0, 0.05) is 39.5 Å². The molecule has 4 nitrogen and oxygen atoms in total. The fourth-order valence-electron chi connectivity index (χ4n) is 2.25. The Kier molecular flexibility index (Phi) is 5.47. The van der Waals surface area contributed by atoms with Gasteiger partial charge in [0.25, 0.3) is 0 Å². The Bertz CT molecular complexity index is 276. The van der Waals surface area contributed by atoms with Crippen molar-refractivity contribution in [1.29, 1.82) is 0 Å². The van der Waals surface area contributed by atoms with Gasteiger partial charge in [0.15, 0.2) is 0 Å². The van der Waals surface area contributed by atoms with E-state index in [-0.39, 0.29) is 50.7 Å². The van der Waals surface area contributed by atoms with Crippen LogP contribution in [0.15, 0.2) is 0 Å². The van der Waals surface area contributed by atoms with Crippen molar-refractivity contribution in [3.8, 4) is 0 Å². The second kappa shape index (κ2) is 6.43. The van der Waals surface area contributed by atoms with Gasteiger partial charge in [-0.2, -0.15) is 0 Å². The summed E-state index contributed by atoms with van der Waals surface area (Å²) in [5.74, 6) is -3.13. The number of carbonyl (C=O) groups excluding carboxylic acids is 1. The third-order valence-corrected chi connectivity index (χ3v) is 3.29. The summed E-state index contributed by atoms with van der Waals surface area (Å²) >= 11 is 0. The maximum atomic E-state index is 13.0. The van der Waals surface area contributed by atoms with Crippen molar-refractivity contribution in [2.24, 2.45) is 5.92 Å². The highest BCUT2D eigenvalue weighted by atomic mass is 19.3. The summed E-state index contributed by atoms with van der Waals surface area (Å²) in [5, 5.41) is 9.51. The van der Waals surface area contributed by atoms with E-state index in [0.717, 1.165) is 0 Å². The molecule has 1 atom stereocenters. The monoisotopic (exact) mass is 265 g/mol. The maximum Gasteiger partial charge on any atom is 0.248 e. The maximum absolute atomic E-state index is 13.0. The van der Waals surface area contributed by atoms with Gasteiger partial charge in [0.05, 0.1) is 12.7 Å². The number of rotatable bonds is 5. The molecule has 1 aliphatic carbocycles. The largest absolute Gasteiger partial charge is 0.389 e. The van der Waals surface area contributed by atoms with Gasteiger partial charge in [-0.3, -0.25) is 4.79 Å². The van der Waals surface area contributed by atoms with Crippen LogP contribution < -0.4 is 0 Å². The molecule has 1 amide bonds. The number of methoxy groups -OCH3 is 1. The van der Waals surface area contributed by atoms with Crippen LogP contribution in [0, 0.1) is 5.92 Å². The number of halogens is 2. The summed E-state index contributed by atoms with van der Waals surface area (Å²) in [5.41, 5.74) is 0. The van der Waals surface area contributed by atoms with Gasteiger partial charge in [0.2, 0.25) is 11.8 Å². The minimum absolute atomic E-state index is 0.153. The lowest BCUT2D eigenvalue weighted by Crippen LogP contribution is -2.41. The quantitative estimate of drug-likeness (QED) is 0.814. The highest BCUT2D eigenvalue weighted by Crippen LogP contribution is 2.36. The number of aliphatic hydroxyl groups is 1. The van der Waals surface area contributed by atoms with Gasteiger partial charge in [-0.05, 0) is 12.8 Å². The molecule has 1 rings (SSSR count). The van der Waals surface area contributed by atoms with Gasteiger partial charge < -0.3 is 14.7 Å². The molecule has 1 aliphatic rings. The van der Waals surface area contributed by atoms with Crippen molar-refractivity contribution < 1.29 is 23.4 Å². The van der Waals surface area contributed by atoms with Crippen LogP contribution in [-0.4, -0.2) is 55.2 Å². The molecule has 0 heterocycles. The minimum Gasteiger partial charge on any atom is -0.389 e. The number of carbonyl (C=O) groups is 1. The molecule has 1 N–H and O–H groups in total. The van der Waals surface area contributed by atoms with Crippen molar-refractivity contribution in [3.63, 3.8) is 0 Å². The SMILES string of the molecule is COCC(O)CN(C)C(=O)C1CCC(F)(F)CC1. The van der Waals surface area contributed by atoms with E-state index in [4.69, 9.17) is 4.74 Å². The van der Waals surface area contributed by atoms with Crippen LogP contribution in [0.2, 0.25) is 0 Å². The van der Waals surface area contributed by atoms with Crippen molar-refractivity contribution in [2.75, 3.05) is 27.3 Å².